The van der Waals surface area contributed by atoms with Gasteiger partial charge in [-0.15, -0.1) is 0 Å². The van der Waals surface area contributed by atoms with Gasteiger partial charge >= 0.3 is 75.3 Å². The van der Waals surface area contributed by atoms with E-state index < -0.39 is 30.2 Å². The SMILES string of the molecule is CCI(C)NCCS(=O)(=O)O. The predicted molar refractivity (Wildman–Crippen MR) is 54.9 cm³/mol. The van der Waals surface area contributed by atoms with Crippen molar-refractivity contribution < 1.29 is 13.0 Å². The molecule has 2 N–H and O–H groups in total. The summed E-state index contributed by atoms with van der Waals surface area (Å²) in [5.74, 6) is -0.172. The maximum absolute atomic E-state index is 10.2. The van der Waals surface area contributed by atoms with Gasteiger partial charge in [0.2, 0.25) is 0 Å². The Bertz CT molecular complexity index is 192. The summed E-state index contributed by atoms with van der Waals surface area (Å²) in [6.07, 6.45) is 0. The molecule has 0 saturated heterocycles. The predicted octanol–water partition coefficient (Wildman–Crippen LogP) is 0.535. The van der Waals surface area contributed by atoms with Crippen molar-refractivity contribution in [2.24, 2.45) is 0 Å². The van der Waals surface area contributed by atoms with Gasteiger partial charge in [0.25, 0.3) is 0 Å². The van der Waals surface area contributed by atoms with E-state index in [2.05, 4.69) is 15.4 Å². The molecular weight excluding hydrogens is 281 g/mol. The summed E-state index contributed by atoms with van der Waals surface area (Å²) in [6, 6.07) is 0. The molecule has 0 amide bonds. The fourth-order valence-electron chi connectivity index (χ4n) is 0.423. The molecule has 0 heterocycles. The summed E-state index contributed by atoms with van der Waals surface area (Å²) < 4.78 is 33.0. The average Bonchev–Trinajstić information content (AvgIpc) is 1.85. The van der Waals surface area contributed by atoms with Crippen molar-refractivity contribution in [2.45, 2.75) is 6.92 Å². The summed E-state index contributed by atoms with van der Waals surface area (Å²) in [4.78, 5) is 2.12. The molecule has 0 atom stereocenters. The zero-order chi connectivity index (χ0) is 8.91. The molecule has 70 valence electrons. The molecule has 0 aromatic carbocycles. The van der Waals surface area contributed by atoms with Crippen molar-refractivity contribution in [3.05, 3.63) is 0 Å². The van der Waals surface area contributed by atoms with Gasteiger partial charge in [-0.1, -0.05) is 0 Å². The first-order chi connectivity index (χ1) is 4.95. The Balaban J connectivity index is 3.43. The molecule has 11 heavy (non-hydrogen) atoms. The van der Waals surface area contributed by atoms with Crippen LogP contribution in [-0.2, 0) is 10.1 Å². The van der Waals surface area contributed by atoms with Crippen LogP contribution >= 0.6 is 20.1 Å². The van der Waals surface area contributed by atoms with Crippen LogP contribution in [0.1, 0.15) is 6.92 Å². The van der Waals surface area contributed by atoms with E-state index in [1.807, 2.05) is 0 Å². The fourth-order valence-corrected chi connectivity index (χ4v) is 2.88. The Morgan fingerprint density at radius 3 is 2.45 bits per heavy atom. The molecule has 0 bridgehead atoms. The van der Waals surface area contributed by atoms with Gasteiger partial charge in [-0.3, -0.25) is 0 Å². The maximum atomic E-state index is 10.2. The number of hydrogen-bond donors (Lipinski definition) is 2. The van der Waals surface area contributed by atoms with Crippen molar-refractivity contribution in [1.29, 1.82) is 0 Å². The van der Waals surface area contributed by atoms with Crippen LogP contribution in [0.5, 0.6) is 0 Å². The van der Waals surface area contributed by atoms with Gasteiger partial charge in [0.1, 0.15) is 0 Å². The molecule has 0 aliphatic carbocycles. The third-order valence-corrected chi connectivity index (χ3v) is 5.93. The molecule has 0 radical (unpaired) electrons. The fraction of sp³-hybridized carbons (Fsp3) is 1.00. The normalized spacial score (nSPS) is 13.2. The number of halogens is 1. The van der Waals surface area contributed by atoms with Crippen LogP contribution in [0.3, 0.4) is 0 Å². The number of hydrogen-bond acceptors (Lipinski definition) is 3. The van der Waals surface area contributed by atoms with E-state index in [9.17, 15) is 8.42 Å². The molecule has 0 aliphatic heterocycles. The van der Waals surface area contributed by atoms with Gasteiger partial charge in [0.05, 0.1) is 0 Å². The van der Waals surface area contributed by atoms with Crippen LogP contribution in [0.25, 0.3) is 0 Å². The van der Waals surface area contributed by atoms with E-state index in [1.165, 1.54) is 0 Å². The average molecular weight is 295 g/mol. The standard InChI is InChI=1S/C5H14INO3S/c1-3-6(2)7-4-5-11(8,9)10/h7H,3-5H2,1-2H3,(H,8,9,10). The van der Waals surface area contributed by atoms with Gasteiger partial charge in [-0.2, -0.15) is 0 Å². The molecule has 0 spiro atoms. The summed E-state index contributed by atoms with van der Waals surface area (Å²) >= 11 is -1.05. The van der Waals surface area contributed by atoms with E-state index in [0.29, 0.717) is 6.54 Å². The Morgan fingerprint density at radius 2 is 2.09 bits per heavy atom. The second kappa shape index (κ2) is 5.28. The third-order valence-electron chi connectivity index (χ3n) is 1.08. The second-order valence-corrected chi connectivity index (χ2v) is 9.25. The quantitative estimate of drug-likeness (QED) is 0.336. The number of rotatable bonds is 5. The molecule has 6 heteroatoms. The Labute approximate surface area is 75.2 Å². The van der Waals surface area contributed by atoms with Gasteiger partial charge in [0.15, 0.2) is 0 Å². The Kier molecular flexibility index (Phi) is 5.57. The molecule has 0 aromatic rings. The second-order valence-electron chi connectivity index (χ2n) is 2.03. The molecule has 0 fully saturated rings. The van der Waals surface area contributed by atoms with Gasteiger partial charge in [-0.25, -0.2) is 0 Å². The first kappa shape index (κ1) is 11.6. The zero-order valence-electron chi connectivity index (χ0n) is 6.67. The van der Waals surface area contributed by atoms with Crippen LogP contribution in [0.2, 0.25) is 0 Å². The van der Waals surface area contributed by atoms with Crippen molar-refractivity contribution in [1.82, 2.24) is 3.53 Å². The van der Waals surface area contributed by atoms with Crippen molar-refractivity contribution in [3.63, 3.8) is 0 Å². The van der Waals surface area contributed by atoms with Crippen LogP contribution in [0.4, 0.5) is 0 Å². The van der Waals surface area contributed by atoms with Gasteiger partial charge < -0.3 is 0 Å². The molecule has 0 aliphatic rings. The van der Waals surface area contributed by atoms with E-state index in [0.717, 1.165) is 4.43 Å². The molecule has 0 aromatic heterocycles. The Hall–Kier alpha value is 0.600. The molecular formula is C5H14INO3S. The van der Waals surface area contributed by atoms with Crippen LogP contribution in [-0.4, -0.2) is 34.6 Å². The first-order valence-electron chi connectivity index (χ1n) is 3.20. The summed E-state index contributed by atoms with van der Waals surface area (Å²) in [7, 11) is -3.77. The van der Waals surface area contributed by atoms with E-state index in [1.54, 1.807) is 0 Å². The van der Waals surface area contributed by atoms with Gasteiger partial charge in [0, 0.05) is 0 Å². The summed E-state index contributed by atoms with van der Waals surface area (Å²) in [5.41, 5.74) is 0. The van der Waals surface area contributed by atoms with Gasteiger partial charge in [-0.05, 0) is 0 Å². The molecule has 4 nitrogen and oxygen atoms in total. The third kappa shape index (κ3) is 8.51. The zero-order valence-corrected chi connectivity index (χ0v) is 9.65. The summed E-state index contributed by atoms with van der Waals surface area (Å²) in [5, 5.41) is 0. The molecule has 0 rings (SSSR count). The van der Waals surface area contributed by atoms with Crippen LogP contribution in [0.15, 0.2) is 0 Å². The minimum absolute atomic E-state index is 0.172. The number of alkyl halides is 2. The monoisotopic (exact) mass is 295 g/mol. The van der Waals surface area contributed by atoms with Crippen LogP contribution in [0, 0.1) is 0 Å². The molecule has 0 unspecified atom stereocenters. The van der Waals surface area contributed by atoms with E-state index in [-0.39, 0.29) is 5.75 Å². The number of nitrogens with one attached hydrogen (secondary N) is 1. The minimum atomic E-state index is -3.77. The van der Waals surface area contributed by atoms with Crippen molar-refractivity contribution in [2.75, 3.05) is 21.7 Å². The molecule has 0 saturated carbocycles. The first-order valence-corrected chi connectivity index (χ1v) is 9.57. The van der Waals surface area contributed by atoms with E-state index in [4.69, 9.17) is 4.55 Å². The van der Waals surface area contributed by atoms with Crippen LogP contribution < -0.4 is 3.53 Å². The van der Waals surface area contributed by atoms with Crippen molar-refractivity contribution >= 4 is 30.2 Å². The Morgan fingerprint density at radius 1 is 1.55 bits per heavy atom. The summed E-state index contributed by atoms with van der Waals surface area (Å²) in [6.45, 7) is 2.46. The van der Waals surface area contributed by atoms with E-state index >= 15 is 0 Å². The topological polar surface area (TPSA) is 66.4 Å². The van der Waals surface area contributed by atoms with Crippen molar-refractivity contribution in [3.8, 4) is 0 Å².